The molecule has 1 aromatic heterocycles. The van der Waals surface area contributed by atoms with E-state index in [-0.39, 0.29) is 11.5 Å². The van der Waals surface area contributed by atoms with Crippen LogP contribution in [0.15, 0.2) is 54.9 Å². The molecule has 1 spiro atoms. The van der Waals surface area contributed by atoms with Crippen LogP contribution in [0.5, 0.6) is 0 Å². The Labute approximate surface area is 201 Å². The van der Waals surface area contributed by atoms with Crippen LogP contribution >= 0.6 is 0 Å². The molecule has 2 aliphatic rings. The fourth-order valence-corrected chi connectivity index (χ4v) is 4.76. The molecule has 0 bridgehead atoms. The monoisotopic (exact) mass is 454 g/mol. The summed E-state index contributed by atoms with van der Waals surface area (Å²) in [7, 11) is 0. The lowest BCUT2D eigenvalue weighted by molar-refractivity contribution is 0.00593. The summed E-state index contributed by atoms with van der Waals surface area (Å²) in [6.45, 7) is 9.10. The van der Waals surface area contributed by atoms with E-state index in [1.807, 2.05) is 68.1 Å². The van der Waals surface area contributed by atoms with E-state index in [4.69, 9.17) is 4.74 Å². The fraction of sp³-hybridized carbons (Fsp3) is 0.393. The van der Waals surface area contributed by atoms with E-state index in [2.05, 4.69) is 32.8 Å². The van der Waals surface area contributed by atoms with Gasteiger partial charge < -0.3 is 14.5 Å². The van der Waals surface area contributed by atoms with Gasteiger partial charge in [-0.1, -0.05) is 30.0 Å². The Hall–Kier alpha value is -3.59. The second kappa shape index (κ2) is 8.64. The summed E-state index contributed by atoms with van der Waals surface area (Å²) in [5.74, 6) is 7.47. The molecule has 2 saturated heterocycles. The first-order valence-electron chi connectivity index (χ1n) is 11.9. The van der Waals surface area contributed by atoms with Gasteiger partial charge in [0.1, 0.15) is 17.7 Å². The topological polar surface area (TPSA) is 58.6 Å². The van der Waals surface area contributed by atoms with Crippen LogP contribution in [0.4, 0.5) is 10.6 Å². The van der Waals surface area contributed by atoms with Gasteiger partial charge in [0.05, 0.1) is 5.52 Å². The van der Waals surface area contributed by atoms with E-state index in [1.165, 1.54) is 0 Å². The van der Waals surface area contributed by atoms with Gasteiger partial charge in [-0.05, 0) is 63.9 Å². The molecular formula is C28H30N4O2. The number of fused-ring (bicyclic) bond motifs is 1. The Balaban J connectivity index is 1.28. The lowest BCUT2D eigenvalue weighted by Crippen LogP contribution is -2.61. The van der Waals surface area contributed by atoms with Gasteiger partial charge in [-0.2, -0.15) is 0 Å². The molecule has 34 heavy (non-hydrogen) atoms. The average Bonchev–Trinajstić information content (AvgIpc) is 2.80. The number of carbonyl (C=O) groups excluding carboxylic acids is 1. The Morgan fingerprint density at radius 2 is 1.68 bits per heavy atom. The van der Waals surface area contributed by atoms with Gasteiger partial charge in [0, 0.05) is 48.1 Å². The molecule has 6 nitrogen and oxygen atoms in total. The first-order valence-corrected chi connectivity index (χ1v) is 11.9. The summed E-state index contributed by atoms with van der Waals surface area (Å²) < 4.78 is 5.54. The van der Waals surface area contributed by atoms with Crippen molar-refractivity contribution in [3.05, 3.63) is 66.0 Å². The normalized spacial score (nSPS) is 17.1. The third-order valence-electron chi connectivity index (χ3n) is 6.57. The average molecular weight is 455 g/mol. The molecule has 0 unspecified atom stereocenters. The SMILES string of the molecule is CC(C)(C)OC(=O)N1CCC2(CC1)CN(c1ncnc3ccc(C#Cc4ccccc4)cc13)C2. The number of nitrogens with zero attached hydrogens (tertiary/aromatic N) is 4. The Kier molecular flexibility index (Phi) is 5.65. The highest BCUT2D eigenvalue weighted by molar-refractivity contribution is 5.90. The molecular weight excluding hydrogens is 424 g/mol. The third kappa shape index (κ3) is 4.70. The van der Waals surface area contributed by atoms with Crippen molar-refractivity contribution in [1.29, 1.82) is 0 Å². The standard InChI is InChI=1S/C28H30N4O2/c1-27(2,3)34-26(33)31-15-13-28(14-16-31)18-32(19-28)25-23-17-22(11-12-24(23)29-20-30-25)10-9-21-7-5-4-6-8-21/h4-8,11-12,17,20H,13-16,18-19H2,1-3H3. The van der Waals surface area contributed by atoms with Crippen LogP contribution in [-0.2, 0) is 4.74 Å². The summed E-state index contributed by atoms with van der Waals surface area (Å²) >= 11 is 0. The predicted molar refractivity (Wildman–Crippen MR) is 134 cm³/mol. The van der Waals surface area contributed by atoms with Crippen molar-refractivity contribution < 1.29 is 9.53 Å². The highest BCUT2D eigenvalue weighted by Crippen LogP contribution is 2.43. The van der Waals surface area contributed by atoms with Crippen LogP contribution < -0.4 is 4.90 Å². The zero-order chi connectivity index (χ0) is 23.8. The number of hydrogen-bond donors (Lipinski definition) is 0. The maximum Gasteiger partial charge on any atom is 0.410 e. The quantitative estimate of drug-likeness (QED) is 0.491. The molecule has 2 aromatic carbocycles. The molecule has 6 heteroatoms. The molecule has 3 heterocycles. The zero-order valence-electron chi connectivity index (χ0n) is 20.0. The van der Waals surface area contributed by atoms with Crippen molar-refractivity contribution in [2.45, 2.75) is 39.2 Å². The number of ether oxygens (including phenoxy) is 1. The van der Waals surface area contributed by atoms with E-state index in [1.54, 1.807) is 6.33 Å². The van der Waals surface area contributed by atoms with Gasteiger partial charge in [0.15, 0.2) is 0 Å². The number of aromatic nitrogens is 2. The molecule has 3 aromatic rings. The molecule has 174 valence electrons. The number of rotatable bonds is 1. The first kappa shape index (κ1) is 22.2. The second-order valence-electron chi connectivity index (χ2n) is 10.4. The van der Waals surface area contributed by atoms with Crippen LogP contribution in [0.1, 0.15) is 44.7 Å². The van der Waals surface area contributed by atoms with Crippen molar-refractivity contribution in [2.24, 2.45) is 5.41 Å². The Bertz CT molecular complexity index is 1250. The number of benzene rings is 2. The van der Waals surface area contributed by atoms with Gasteiger partial charge in [-0.15, -0.1) is 0 Å². The van der Waals surface area contributed by atoms with Crippen molar-refractivity contribution in [3.8, 4) is 11.8 Å². The lowest BCUT2D eigenvalue weighted by atomic mass is 9.72. The number of piperidine rings is 1. The molecule has 2 aliphatic heterocycles. The van der Waals surface area contributed by atoms with Crippen LogP contribution in [0.2, 0.25) is 0 Å². The minimum Gasteiger partial charge on any atom is -0.444 e. The van der Waals surface area contributed by atoms with Crippen LogP contribution in [0.25, 0.3) is 10.9 Å². The van der Waals surface area contributed by atoms with Gasteiger partial charge >= 0.3 is 6.09 Å². The van der Waals surface area contributed by atoms with Crippen LogP contribution in [0.3, 0.4) is 0 Å². The zero-order valence-corrected chi connectivity index (χ0v) is 20.0. The fourth-order valence-electron chi connectivity index (χ4n) is 4.76. The Morgan fingerprint density at radius 3 is 2.38 bits per heavy atom. The molecule has 2 fully saturated rings. The van der Waals surface area contributed by atoms with Gasteiger partial charge in [0.2, 0.25) is 0 Å². The van der Waals surface area contributed by atoms with Gasteiger partial charge in [-0.3, -0.25) is 0 Å². The van der Waals surface area contributed by atoms with Crippen molar-refractivity contribution in [2.75, 3.05) is 31.1 Å². The Morgan fingerprint density at radius 1 is 0.971 bits per heavy atom. The largest absolute Gasteiger partial charge is 0.444 e. The van der Waals surface area contributed by atoms with Crippen molar-refractivity contribution in [1.82, 2.24) is 14.9 Å². The molecule has 5 rings (SSSR count). The van der Waals surface area contributed by atoms with Crippen LogP contribution in [-0.4, -0.2) is 52.7 Å². The van der Waals surface area contributed by atoms with Gasteiger partial charge in [-0.25, -0.2) is 14.8 Å². The third-order valence-corrected chi connectivity index (χ3v) is 6.57. The number of carbonyl (C=O) groups is 1. The smallest absolute Gasteiger partial charge is 0.410 e. The van der Waals surface area contributed by atoms with E-state index < -0.39 is 5.60 Å². The molecule has 0 N–H and O–H groups in total. The van der Waals surface area contributed by atoms with Crippen LogP contribution in [0, 0.1) is 17.3 Å². The summed E-state index contributed by atoms with van der Waals surface area (Å²) in [4.78, 5) is 25.7. The van der Waals surface area contributed by atoms with E-state index in [9.17, 15) is 4.79 Å². The minimum absolute atomic E-state index is 0.204. The van der Waals surface area contributed by atoms with Gasteiger partial charge in [0.25, 0.3) is 0 Å². The highest BCUT2D eigenvalue weighted by Gasteiger charge is 2.46. The molecule has 1 amide bonds. The predicted octanol–water partition coefficient (Wildman–Crippen LogP) is 4.87. The number of hydrogen-bond acceptors (Lipinski definition) is 5. The summed E-state index contributed by atoms with van der Waals surface area (Å²) in [6, 6.07) is 16.1. The van der Waals surface area contributed by atoms with E-state index in [0.717, 1.165) is 66.9 Å². The summed E-state index contributed by atoms with van der Waals surface area (Å²) in [5, 5.41) is 1.03. The summed E-state index contributed by atoms with van der Waals surface area (Å²) in [6.07, 6.45) is 3.41. The maximum atomic E-state index is 12.4. The number of anilines is 1. The molecule has 0 atom stereocenters. The van der Waals surface area contributed by atoms with Crippen molar-refractivity contribution >= 4 is 22.8 Å². The summed E-state index contributed by atoms with van der Waals surface area (Å²) in [5.41, 5.74) is 2.65. The highest BCUT2D eigenvalue weighted by atomic mass is 16.6. The first-order chi connectivity index (χ1) is 16.3. The molecule has 0 aliphatic carbocycles. The second-order valence-corrected chi connectivity index (χ2v) is 10.4. The minimum atomic E-state index is -0.460. The molecule has 0 radical (unpaired) electrons. The number of likely N-dealkylation sites (tertiary alicyclic amines) is 1. The number of amides is 1. The maximum absolute atomic E-state index is 12.4. The van der Waals surface area contributed by atoms with E-state index >= 15 is 0 Å². The van der Waals surface area contributed by atoms with E-state index in [0.29, 0.717) is 0 Å². The molecule has 0 saturated carbocycles. The van der Waals surface area contributed by atoms with Crippen molar-refractivity contribution in [3.63, 3.8) is 0 Å². The lowest BCUT2D eigenvalue weighted by Gasteiger charge is -2.54.